The highest BCUT2D eigenvalue weighted by Crippen LogP contribution is 2.41. The Kier molecular flexibility index (Phi) is 7.30. The third kappa shape index (κ3) is 5.33. The van der Waals surface area contributed by atoms with Gasteiger partial charge in [-0.3, -0.25) is 4.79 Å². The maximum absolute atomic E-state index is 12.5. The Bertz CT molecular complexity index is 1250. The monoisotopic (exact) mass is 570 g/mol. The summed E-state index contributed by atoms with van der Waals surface area (Å²) >= 11 is 5.38. The number of hydrogen-bond donors (Lipinski definition) is 0. The lowest BCUT2D eigenvalue weighted by atomic mass is 9.79. The summed E-state index contributed by atoms with van der Waals surface area (Å²) in [5.74, 6) is 0.376. The van der Waals surface area contributed by atoms with Crippen molar-refractivity contribution in [1.82, 2.24) is 19.7 Å². The fourth-order valence-electron chi connectivity index (χ4n) is 4.97. The predicted octanol–water partition coefficient (Wildman–Crippen LogP) is 7.91. The largest absolute Gasteiger partial charge is 0.321 e. The highest BCUT2D eigenvalue weighted by molar-refractivity contribution is 9.10. The van der Waals surface area contributed by atoms with Crippen LogP contribution < -0.4 is 0 Å². The lowest BCUT2D eigenvalue weighted by Gasteiger charge is -2.39. The molecular weight excluding hydrogens is 532 g/mol. The van der Waals surface area contributed by atoms with Gasteiger partial charge in [-0.2, -0.15) is 5.10 Å². The van der Waals surface area contributed by atoms with E-state index in [1.807, 2.05) is 16.5 Å². The van der Waals surface area contributed by atoms with Crippen LogP contribution in [0.25, 0.3) is 10.6 Å². The summed E-state index contributed by atoms with van der Waals surface area (Å²) < 4.78 is 3.03. The number of rotatable bonds is 3. The SMILES string of the molecule is CC(=O)N1CCC(c2csc(-c3cc(C(C)(C)C)cc(C(C)(C)C)c3)n2)CC1n1nc(C)c(Br)c1C. The van der Waals surface area contributed by atoms with E-state index in [0.29, 0.717) is 6.54 Å². The molecule has 0 N–H and O–H groups in total. The Morgan fingerprint density at radius 1 is 1.06 bits per heavy atom. The van der Waals surface area contributed by atoms with Crippen LogP contribution in [0.2, 0.25) is 0 Å². The number of halogens is 1. The molecule has 36 heavy (non-hydrogen) atoms. The molecule has 194 valence electrons. The van der Waals surface area contributed by atoms with Crippen LogP contribution in [0.15, 0.2) is 28.1 Å². The van der Waals surface area contributed by atoms with Crippen molar-refractivity contribution >= 4 is 33.2 Å². The molecule has 3 aromatic rings. The molecule has 2 unspecified atom stereocenters. The summed E-state index contributed by atoms with van der Waals surface area (Å²) in [5.41, 5.74) is 7.14. The molecule has 0 radical (unpaired) electrons. The number of carbonyl (C=O) groups is 1. The Morgan fingerprint density at radius 2 is 1.67 bits per heavy atom. The number of nitrogens with zero attached hydrogens (tertiary/aromatic N) is 4. The number of carbonyl (C=O) groups excluding carboxylic acids is 1. The van der Waals surface area contributed by atoms with Gasteiger partial charge < -0.3 is 4.90 Å². The van der Waals surface area contributed by atoms with Crippen molar-refractivity contribution in [3.05, 3.63) is 56.3 Å². The molecule has 1 aliphatic rings. The third-order valence-electron chi connectivity index (χ3n) is 7.35. The summed E-state index contributed by atoms with van der Waals surface area (Å²) in [6.07, 6.45) is 1.62. The van der Waals surface area contributed by atoms with Crippen molar-refractivity contribution in [2.24, 2.45) is 0 Å². The van der Waals surface area contributed by atoms with Crippen LogP contribution in [0.4, 0.5) is 0 Å². The van der Waals surface area contributed by atoms with Gasteiger partial charge in [0.2, 0.25) is 5.91 Å². The first-order valence-electron chi connectivity index (χ1n) is 12.8. The van der Waals surface area contributed by atoms with Crippen LogP contribution >= 0.6 is 27.3 Å². The maximum Gasteiger partial charge on any atom is 0.221 e. The average Bonchev–Trinajstić information content (AvgIpc) is 3.38. The van der Waals surface area contributed by atoms with Gasteiger partial charge >= 0.3 is 0 Å². The third-order valence-corrected chi connectivity index (χ3v) is 9.41. The Labute approximate surface area is 228 Å². The Morgan fingerprint density at radius 3 is 2.17 bits per heavy atom. The van der Waals surface area contributed by atoms with E-state index in [1.165, 1.54) is 16.7 Å². The first-order chi connectivity index (χ1) is 16.7. The van der Waals surface area contributed by atoms with Gasteiger partial charge in [-0.1, -0.05) is 47.6 Å². The first-order valence-corrected chi connectivity index (χ1v) is 14.4. The first kappa shape index (κ1) is 27.1. The molecule has 2 aromatic heterocycles. The second kappa shape index (κ2) is 9.71. The average molecular weight is 572 g/mol. The van der Waals surface area contributed by atoms with Gasteiger partial charge in [-0.15, -0.1) is 11.3 Å². The Balaban J connectivity index is 1.68. The lowest BCUT2D eigenvalue weighted by molar-refractivity contribution is -0.135. The molecule has 0 spiro atoms. The predicted molar refractivity (Wildman–Crippen MR) is 153 cm³/mol. The minimum atomic E-state index is -0.104. The molecule has 7 heteroatoms. The van der Waals surface area contributed by atoms with E-state index in [1.54, 1.807) is 18.3 Å². The zero-order valence-electron chi connectivity index (χ0n) is 23.1. The van der Waals surface area contributed by atoms with Crippen LogP contribution in [-0.2, 0) is 15.6 Å². The van der Waals surface area contributed by atoms with Crippen LogP contribution in [0, 0.1) is 13.8 Å². The molecule has 1 aromatic carbocycles. The molecular formula is C29H39BrN4OS. The number of thiazole rings is 1. The fourth-order valence-corrected chi connectivity index (χ4v) is 6.12. The van der Waals surface area contributed by atoms with Crippen molar-refractivity contribution < 1.29 is 4.79 Å². The van der Waals surface area contributed by atoms with Gasteiger partial charge in [0, 0.05) is 30.3 Å². The van der Waals surface area contributed by atoms with Crippen LogP contribution in [-0.4, -0.2) is 32.1 Å². The molecule has 2 atom stereocenters. The Hall–Kier alpha value is -1.99. The summed E-state index contributed by atoms with van der Waals surface area (Å²) in [5, 5.41) is 8.06. The number of amides is 1. The van der Waals surface area contributed by atoms with Crippen molar-refractivity contribution in [3.63, 3.8) is 0 Å². The quantitative estimate of drug-likeness (QED) is 0.321. The van der Waals surface area contributed by atoms with Gasteiger partial charge in [0.1, 0.15) is 11.2 Å². The van der Waals surface area contributed by atoms with Crippen LogP contribution in [0.5, 0.6) is 0 Å². The molecule has 0 aliphatic carbocycles. The number of aryl methyl sites for hydroxylation is 1. The van der Waals surface area contributed by atoms with Gasteiger partial charge in [0.15, 0.2) is 0 Å². The number of likely N-dealkylation sites (tertiary alicyclic amines) is 1. The molecule has 1 amide bonds. The van der Waals surface area contributed by atoms with E-state index in [0.717, 1.165) is 39.4 Å². The van der Waals surface area contributed by atoms with Crippen molar-refractivity contribution in [2.45, 2.75) is 98.1 Å². The second-order valence-electron chi connectivity index (χ2n) is 12.2. The minimum Gasteiger partial charge on any atom is -0.321 e. The van der Waals surface area contributed by atoms with E-state index >= 15 is 0 Å². The standard InChI is InChI=1S/C29H39BrN4OS/c1-17-26(30)18(2)34(32-17)25-14-20(10-11-33(25)19(3)35)24-16-36-27(31-24)21-12-22(28(4,5)6)15-23(13-21)29(7,8)9/h12-13,15-16,20,25H,10-11,14H2,1-9H3. The van der Waals surface area contributed by atoms with Crippen molar-refractivity contribution in [2.75, 3.05) is 6.54 Å². The normalized spacial score (nSPS) is 19.1. The smallest absolute Gasteiger partial charge is 0.221 e. The molecule has 0 saturated carbocycles. The summed E-state index contributed by atoms with van der Waals surface area (Å²) in [6.45, 7) is 20.0. The summed E-state index contributed by atoms with van der Waals surface area (Å²) in [4.78, 5) is 19.6. The number of piperidine rings is 1. The van der Waals surface area contributed by atoms with Crippen molar-refractivity contribution in [1.29, 1.82) is 0 Å². The number of hydrogen-bond acceptors (Lipinski definition) is 4. The van der Waals surface area contributed by atoms with E-state index in [9.17, 15) is 4.79 Å². The van der Waals surface area contributed by atoms with E-state index in [-0.39, 0.29) is 28.8 Å². The zero-order chi connectivity index (χ0) is 26.6. The second-order valence-corrected chi connectivity index (χ2v) is 13.9. The summed E-state index contributed by atoms with van der Waals surface area (Å²) in [7, 11) is 0. The number of aromatic nitrogens is 3. The maximum atomic E-state index is 12.5. The van der Waals surface area contributed by atoms with Gasteiger partial charge in [0.05, 0.1) is 21.6 Å². The highest BCUT2D eigenvalue weighted by Gasteiger charge is 2.35. The van der Waals surface area contributed by atoms with Crippen LogP contribution in [0.1, 0.15) is 102 Å². The molecule has 1 saturated heterocycles. The van der Waals surface area contributed by atoms with E-state index in [2.05, 4.69) is 88.0 Å². The topological polar surface area (TPSA) is 51.0 Å². The van der Waals surface area contributed by atoms with Gasteiger partial charge in [0.25, 0.3) is 0 Å². The molecule has 0 bridgehead atoms. The van der Waals surface area contributed by atoms with Gasteiger partial charge in [-0.05, 0) is 76.7 Å². The van der Waals surface area contributed by atoms with E-state index < -0.39 is 0 Å². The molecule has 5 nitrogen and oxygen atoms in total. The molecule has 1 fully saturated rings. The zero-order valence-corrected chi connectivity index (χ0v) is 25.5. The lowest BCUT2D eigenvalue weighted by Crippen LogP contribution is -2.42. The number of benzene rings is 1. The van der Waals surface area contributed by atoms with Gasteiger partial charge in [-0.25, -0.2) is 9.67 Å². The molecule has 1 aliphatic heterocycles. The molecule has 4 rings (SSSR count). The molecule has 3 heterocycles. The fraction of sp³-hybridized carbons (Fsp3) is 0.552. The van der Waals surface area contributed by atoms with Crippen LogP contribution in [0.3, 0.4) is 0 Å². The minimum absolute atomic E-state index is 0.0663. The highest BCUT2D eigenvalue weighted by atomic mass is 79.9. The van der Waals surface area contributed by atoms with E-state index in [4.69, 9.17) is 10.1 Å². The van der Waals surface area contributed by atoms with Crippen molar-refractivity contribution in [3.8, 4) is 10.6 Å². The summed E-state index contributed by atoms with van der Waals surface area (Å²) in [6, 6.07) is 6.98.